The van der Waals surface area contributed by atoms with Gasteiger partial charge in [0.05, 0.1) is 0 Å². The van der Waals surface area contributed by atoms with Gasteiger partial charge in [-0.1, -0.05) is 42.8 Å². The molecule has 0 saturated carbocycles. The molecule has 0 heterocycles. The summed E-state index contributed by atoms with van der Waals surface area (Å²) in [7, 11) is 0. The molecule has 0 radical (unpaired) electrons. The summed E-state index contributed by atoms with van der Waals surface area (Å²) >= 11 is 0. The first-order valence-corrected chi connectivity index (χ1v) is 5.54. The minimum Gasteiger partial charge on any atom is -0.0667 e. The van der Waals surface area contributed by atoms with Crippen molar-refractivity contribution in [2.24, 2.45) is 5.92 Å². The van der Waals surface area contributed by atoms with E-state index in [-0.39, 0.29) is 0 Å². The summed E-state index contributed by atoms with van der Waals surface area (Å²) in [5.41, 5.74) is 4.61. The third kappa shape index (κ3) is 1.75. The molecule has 14 heavy (non-hydrogen) atoms. The summed E-state index contributed by atoms with van der Waals surface area (Å²) in [5.74, 6) is 0.777. The molecular formula is C14H18. The van der Waals surface area contributed by atoms with Crippen LogP contribution in [0.25, 0.3) is 5.57 Å². The second kappa shape index (κ2) is 4.00. The fourth-order valence-corrected chi connectivity index (χ4v) is 2.31. The van der Waals surface area contributed by atoms with Gasteiger partial charge in [0.25, 0.3) is 0 Å². The van der Waals surface area contributed by atoms with Crippen molar-refractivity contribution >= 4 is 5.57 Å². The Labute approximate surface area is 86.7 Å². The van der Waals surface area contributed by atoms with Crippen molar-refractivity contribution in [3.8, 4) is 0 Å². The number of hydrogen-bond donors (Lipinski definition) is 0. The van der Waals surface area contributed by atoms with E-state index in [1.807, 2.05) is 0 Å². The summed E-state index contributed by atoms with van der Waals surface area (Å²) in [6.45, 7) is 4.64. The molecule has 0 nitrogen and oxygen atoms in total. The average Bonchev–Trinajstić information content (AvgIpc) is 2.23. The summed E-state index contributed by atoms with van der Waals surface area (Å²) in [5, 5.41) is 0. The van der Waals surface area contributed by atoms with Crippen molar-refractivity contribution in [2.75, 3.05) is 0 Å². The maximum atomic E-state index is 2.34. The molecule has 1 aromatic rings. The Kier molecular flexibility index (Phi) is 2.72. The molecular weight excluding hydrogens is 168 g/mol. The van der Waals surface area contributed by atoms with Gasteiger partial charge in [0, 0.05) is 0 Å². The van der Waals surface area contributed by atoms with Gasteiger partial charge in [0.2, 0.25) is 0 Å². The predicted molar refractivity (Wildman–Crippen MR) is 62.1 cm³/mol. The minimum absolute atomic E-state index is 0.777. The van der Waals surface area contributed by atoms with Gasteiger partial charge in [0.1, 0.15) is 0 Å². The van der Waals surface area contributed by atoms with E-state index in [0.29, 0.717) is 0 Å². The maximum absolute atomic E-state index is 2.34. The lowest BCUT2D eigenvalue weighted by Gasteiger charge is -2.23. The molecule has 2 rings (SSSR count). The van der Waals surface area contributed by atoms with Crippen molar-refractivity contribution in [1.29, 1.82) is 0 Å². The molecule has 74 valence electrons. The topological polar surface area (TPSA) is 0 Å². The second-order valence-electron chi connectivity index (χ2n) is 4.32. The third-order valence-corrected chi connectivity index (χ3v) is 3.40. The van der Waals surface area contributed by atoms with Gasteiger partial charge < -0.3 is 0 Å². The average molecular weight is 186 g/mol. The van der Waals surface area contributed by atoms with E-state index < -0.39 is 0 Å². The molecule has 1 atom stereocenters. The zero-order chi connectivity index (χ0) is 9.97. The number of hydrogen-bond acceptors (Lipinski definition) is 0. The summed E-state index contributed by atoms with van der Waals surface area (Å²) in [6.07, 6.45) is 3.98. The first-order valence-electron chi connectivity index (χ1n) is 5.54. The Hall–Kier alpha value is -1.04. The summed E-state index contributed by atoms with van der Waals surface area (Å²) in [4.78, 5) is 0. The van der Waals surface area contributed by atoms with Gasteiger partial charge in [0.15, 0.2) is 0 Å². The Balaban J connectivity index is 2.38. The lowest BCUT2D eigenvalue weighted by atomic mass is 9.82. The van der Waals surface area contributed by atoms with Crippen LogP contribution in [0.1, 0.15) is 38.7 Å². The predicted octanol–water partition coefficient (Wildman–Crippen LogP) is 4.28. The monoisotopic (exact) mass is 186 g/mol. The van der Waals surface area contributed by atoms with Gasteiger partial charge in [-0.2, -0.15) is 0 Å². The normalized spacial score (nSPS) is 22.6. The largest absolute Gasteiger partial charge is 0.0667 e. The van der Waals surface area contributed by atoms with Crippen molar-refractivity contribution in [3.05, 3.63) is 41.5 Å². The third-order valence-electron chi connectivity index (χ3n) is 3.40. The van der Waals surface area contributed by atoms with Crippen LogP contribution in [0.2, 0.25) is 0 Å². The maximum Gasteiger partial charge on any atom is -0.0225 e. The van der Waals surface area contributed by atoms with E-state index in [4.69, 9.17) is 0 Å². The van der Waals surface area contributed by atoms with Crippen LogP contribution < -0.4 is 0 Å². The quantitative estimate of drug-likeness (QED) is 0.614. The molecule has 0 aromatic heterocycles. The number of rotatable bonds is 1. The Morgan fingerprint density at radius 2 is 1.86 bits per heavy atom. The molecule has 0 fully saturated rings. The van der Waals surface area contributed by atoms with Gasteiger partial charge >= 0.3 is 0 Å². The highest BCUT2D eigenvalue weighted by Gasteiger charge is 2.16. The van der Waals surface area contributed by atoms with E-state index in [0.717, 1.165) is 5.92 Å². The van der Waals surface area contributed by atoms with Gasteiger partial charge in [-0.15, -0.1) is 0 Å². The highest BCUT2D eigenvalue weighted by atomic mass is 14.2. The van der Waals surface area contributed by atoms with E-state index in [9.17, 15) is 0 Å². The van der Waals surface area contributed by atoms with E-state index in [1.165, 1.54) is 24.8 Å². The molecule has 1 aromatic carbocycles. The molecule has 0 heteroatoms. The standard InChI is InChI=1S/C14H18/c1-11-7-6-10-14(12(11)2)13-8-4-3-5-9-13/h3-5,8-9,11H,6-7,10H2,1-2H3. The van der Waals surface area contributed by atoms with Crippen LogP contribution in [0.5, 0.6) is 0 Å². The molecule has 1 aliphatic rings. The van der Waals surface area contributed by atoms with Gasteiger partial charge in [-0.25, -0.2) is 0 Å². The van der Waals surface area contributed by atoms with Crippen LogP contribution in [-0.4, -0.2) is 0 Å². The van der Waals surface area contributed by atoms with Gasteiger partial charge in [-0.05, 0) is 43.2 Å². The Bertz CT molecular complexity index is 332. The minimum atomic E-state index is 0.777. The molecule has 0 bridgehead atoms. The second-order valence-corrected chi connectivity index (χ2v) is 4.32. The van der Waals surface area contributed by atoms with Crippen LogP contribution in [0, 0.1) is 5.92 Å². The lowest BCUT2D eigenvalue weighted by Crippen LogP contribution is -2.06. The zero-order valence-corrected chi connectivity index (χ0v) is 9.09. The van der Waals surface area contributed by atoms with E-state index in [1.54, 1.807) is 11.1 Å². The van der Waals surface area contributed by atoms with Crippen molar-refractivity contribution in [3.63, 3.8) is 0 Å². The first-order chi connectivity index (χ1) is 6.79. The molecule has 1 unspecified atom stereocenters. The Morgan fingerprint density at radius 3 is 2.57 bits per heavy atom. The number of benzene rings is 1. The van der Waals surface area contributed by atoms with Crippen LogP contribution in [0.4, 0.5) is 0 Å². The fraction of sp³-hybridized carbons (Fsp3) is 0.429. The van der Waals surface area contributed by atoms with Crippen molar-refractivity contribution in [2.45, 2.75) is 33.1 Å². The molecule has 0 saturated heterocycles. The van der Waals surface area contributed by atoms with Crippen LogP contribution in [0.15, 0.2) is 35.9 Å². The SMILES string of the molecule is CC1=C(c2ccccc2)CCCC1C. The Morgan fingerprint density at radius 1 is 1.14 bits per heavy atom. The van der Waals surface area contributed by atoms with Gasteiger partial charge in [-0.3, -0.25) is 0 Å². The first kappa shape index (κ1) is 9.51. The summed E-state index contributed by atoms with van der Waals surface area (Å²) < 4.78 is 0. The van der Waals surface area contributed by atoms with Crippen molar-refractivity contribution < 1.29 is 0 Å². The zero-order valence-electron chi connectivity index (χ0n) is 9.09. The van der Waals surface area contributed by atoms with Crippen LogP contribution in [0.3, 0.4) is 0 Å². The molecule has 0 amide bonds. The van der Waals surface area contributed by atoms with Crippen LogP contribution >= 0.6 is 0 Å². The highest BCUT2D eigenvalue weighted by Crippen LogP contribution is 2.35. The molecule has 0 spiro atoms. The fourth-order valence-electron chi connectivity index (χ4n) is 2.31. The molecule has 1 aliphatic carbocycles. The van der Waals surface area contributed by atoms with Crippen molar-refractivity contribution in [1.82, 2.24) is 0 Å². The number of allylic oxidation sites excluding steroid dienone is 2. The molecule has 0 N–H and O–H groups in total. The van der Waals surface area contributed by atoms with Crippen LogP contribution in [-0.2, 0) is 0 Å². The highest BCUT2D eigenvalue weighted by molar-refractivity contribution is 5.69. The van der Waals surface area contributed by atoms with E-state index >= 15 is 0 Å². The lowest BCUT2D eigenvalue weighted by molar-refractivity contribution is 0.561. The molecule has 0 aliphatic heterocycles. The van der Waals surface area contributed by atoms with E-state index in [2.05, 4.69) is 44.2 Å². The smallest absolute Gasteiger partial charge is 0.0225 e. The summed E-state index contributed by atoms with van der Waals surface area (Å²) in [6, 6.07) is 10.8.